The van der Waals surface area contributed by atoms with Crippen LogP contribution < -0.4 is 0 Å². The van der Waals surface area contributed by atoms with Gasteiger partial charge >= 0.3 is 0 Å². The van der Waals surface area contributed by atoms with Gasteiger partial charge in [-0.15, -0.1) is 0 Å². The summed E-state index contributed by atoms with van der Waals surface area (Å²) in [4.78, 5) is 13.7. The van der Waals surface area contributed by atoms with Crippen LogP contribution in [0.5, 0.6) is 0 Å². The van der Waals surface area contributed by atoms with E-state index in [9.17, 15) is 4.79 Å². The summed E-state index contributed by atoms with van der Waals surface area (Å²) in [7, 11) is 0. The number of likely N-dealkylation sites (N-methyl/N-ethyl adjacent to an activating group) is 1. The quantitative estimate of drug-likeness (QED) is 0.693. The smallest absolute Gasteiger partial charge is 0.241 e. The lowest BCUT2D eigenvalue weighted by Crippen LogP contribution is -2.53. The zero-order valence-electron chi connectivity index (χ0n) is 10.1. The molecule has 0 aromatic rings. The Morgan fingerprint density at radius 2 is 1.87 bits per heavy atom. The minimum Gasteiger partial charge on any atom is -0.288 e. The molecule has 0 aromatic heterocycles. The van der Waals surface area contributed by atoms with Crippen molar-refractivity contribution in [2.45, 2.75) is 64.5 Å². The van der Waals surface area contributed by atoms with Gasteiger partial charge in [0, 0.05) is 6.04 Å². The van der Waals surface area contributed by atoms with Gasteiger partial charge in [0.15, 0.2) is 0 Å². The van der Waals surface area contributed by atoms with Gasteiger partial charge in [-0.05, 0) is 44.8 Å². The molecule has 1 aliphatic rings. The highest BCUT2D eigenvalue weighted by Crippen LogP contribution is 2.29. The van der Waals surface area contributed by atoms with Gasteiger partial charge in [-0.2, -0.15) is 0 Å². The molecular formula is C12H22ClNO. The molecule has 1 rings (SSSR count). The van der Waals surface area contributed by atoms with E-state index in [0.29, 0.717) is 6.04 Å². The van der Waals surface area contributed by atoms with Crippen molar-refractivity contribution in [3.63, 3.8) is 0 Å². The Bertz CT molecular complexity index is 222. The molecule has 0 aromatic carbocycles. The van der Waals surface area contributed by atoms with Crippen LogP contribution in [0.25, 0.3) is 0 Å². The Hall–Kier alpha value is -0.0800. The first-order valence-corrected chi connectivity index (χ1v) is 6.34. The highest BCUT2D eigenvalue weighted by molar-refractivity contribution is 6.65. The number of hydrogen-bond acceptors (Lipinski definition) is 2. The second-order valence-corrected chi connectivity index (χ2v) is 5.25. The number of rotatable bonds is 4. The average Bonchev–Trinajstić information content (AvgIpc) is 2.19. The van der Waals surface area contributed by atoms with E-state index in [1.54, 1.807) is 0 Å². The van der Waals surface area contributed by atoms with Crippen LogP contribution >= 0.6 is 11.6 Å². The highest BCUT2D eigenvalue weighted by atomic mass is 35.5. The highest BCUT2D eigenvalue weighted by Gasteiger charge is 2.36. The van der Waals surface area contributed by atoms with Gasteiger partial charge in [0.1, 0.15) is 0 Å². The Morgan fingerprint density at radius 1 is 1.33 bits per heavy atom. The zero-order valence-corrected chi connectivity index (χ0v) is 10.8. The third-order valence-electron chi connectivity index (χ3n) is 3.56. The molecule has 2 nitrogen and oxygen atoms in total. The second-order valence-electron chi connectivity index (χ2n) is 4.91. The summed E-state index contributed by atoms with van der Waals surface area (Å²) in [5.74, 6) is 0. The van der Waals surface area contributed by atoms with E-state index in [4.69, 9.17) is 11.6 Å². The molecule has 0 heterocycles. The van der Waals surface area contributed by atoms with Gasteiger partial charge in [-0.3, -0.25) is 9.69 Å². The first-order chi connectivity index (χ1) is 7.00. The fourth-order valence-electron chi connectivity index (χ4n) is 2.62. The fraction of sp³-hybridized carbons (Fsp3) is 0.917. The van der Waals surface area contributed by atoms with E-state index < -0.39 is 5.54 Å². The number of carbonyl (C=O) groups is 1. The van der Waals surface area contributed by atoms with Gasteiger partial charge < -0.3 is 0 Å². The van der Waals surface area contributed by atoms with Gasteiger partial charge in [0.25, 0.3) is 0 Å². The van der Waals surface area contributed by atoms with Crippen LogP contribution in [0.1, 0.15) is 52.9 Å². The molecule has 1 saturated carbocycles. The van der Waals surface area contributed by atoms with Gasteiger partial charge in [-0.1, -0.05) is 26.2 Å². The molecule has 1 aliphatic carbocycles. The molecule has 0 bridgehead atoms. The minimum atomic E-state index is -0.516. The summed E-state index contributed by atoms with van der Waals surface area (Å²) in [6, 6.07) is 0.543. The summed E-state index contributed by atoms with van der Waals surface area (Å²) in [5.41, 5.74) is -0.516. The molecule has 1 fully saturated rings. The molecule has 3 heteroatoms. The first-order valence-electron chi connectivity index (χ1n) is 5.96. The van der Waals surface area contributed by atoms with E-state index in [1.165, 1.54) is 32.1 Å². The Kier molecular flexibility index (Phi) is 4.60. The van der Waals surface area contributed by atoms with Gasteiger partial charge in [-0.25, -0.2) is 0 Å². The van der Waals surface area contributed by atoms with Crippen molar-refractivity contribution in [2.75, 3.05) is 6.54 Å². The number of halogens is 1. The normalized spacial score (nSPS) is 19.5. The van der Waals surface area contributed by atoms with Crippen molar-refractivity contribution in [3.8, 4) is 0 Å². The van der Waals surface area contributed by atoms with E-state index >= 15 is 0 Å². The fourth-order valence-corrected chi connectivity index (χ4v) is 2.72. The van der Waals surface area contributed by atoms with E-state index in [1.807, 2.05) is 13.8 Å². The standard InChI is InChI=1S/C12H22ClNO/c1-4-14(12(2,3)11(13)15)10-8-6-5-7-9-10/h10H,4-9H2,1-3H3. The molecule has 88 valence electrons. The van der Waals surface area contributed by atoms with E-state index in [-0.39, 0.29) is 5.24 Å². The summed E-state index contributed by atoms with van der Waals surface area (Å²) in [5, 5.41) is -0.241. The monoisotopic (exact) mass is 231 g/mol. The molecule has 0 N–H and O–H groups in total. The van der Waals surface area contributed by atoms with Crippen LogP contribution in [0.4, 0.5) is 0 Å². The molecule has 0 saturated heterocycles. The second kappa shape index (κ2) is 5.31. The summed E-state index contributed by atoms with van der Waals surface area (Å²) < 4.78 is 0. The lowest BCUT2D eigenvalue weighted by Gasteiger charge is -2.42. The van der Waals surface area contributed by atoms with Crippen molar-refractivity contribution < 1.29 is 4.79 Å². The van der Waals surface area contributed by atoms with Crippen LogP contribution in [0, 0.1) is 0 Å². The van der Waals surface area contributed by atoms with Crippen molar-refractivity contribution >= 4 is 16.8 Å². The Balaban J connectivity index is 2.72. The molecule has 0 atom stereocenters. The minimum absolute atomic E-state index is 0.241. The summed E-state index contributed by atoms with van der Waals surface area (Å²) in [6.07, 6.45) is 6.33. The van der Waals surface area contributed by atoms with Gasteiger partial charge in [0.2, 0.25) is 5.24 Å². The molecule has 0 spiro atoms. The lowest BCUT2D eigenvalue weighted by atomic mass is 9.90. The van der Waals surface area contributed by atoms with Crippen molar-refractivity contribution in [3.05, 3.63) is 0 Å². The summed E-state index contributed by atoms with van der Waals surface area (Å²) >= 11 is 5.68. The summed E-state index contributed by atoms with van der Waals surface area (Å²) in [6.45, 7) is 6.87. The predicted molar refractivity (Wildman–Crippen MR) is 64.2 cm³/mol. The number of hydrogen-bond donors (Lipinski definition) is 0. The maximum atomic E-state index is 11.4. The first kappa shape index (κ1) is 13.0. The topological polar surface area (TPSA) is 20.3 Å². The van der Waals surface area contributed by atoms with Crippen LogP contribution in [0.15, 0.2) is 0 Å². The van der Waals surface area contributed by atoms with Crippen LogP contribution in [0.2, 0.25) is 0 Å². The van der Waals surface area contributed by atoms with Gasteiger partial charge in [0.05, 0.1) is 5.54 Å². The number of carbonyl (C=O) groups excluding carboxylic acids is 1. The Labute approximate surface area is 98.0 Å². The molecule has 0 radical (unpaired) electrons. The molecule has 0 unspecified atom stereocenters. The van der Waals surface area contributed by atoms with Crippen molar-refractivity contribution in [2.24, 2.45) is 0 Å². The largest absolute Gasteiger partial charge is 0.288 e. The maximum Gasteiger partial charge on any atom is 0.241 e. The zero-order chi connectivity index (χ0) is 11.5. The van der Waals surface area contributed by atoms with Crippen LogP contribution in [0.3, 0.4) is 0 Å². The van der Waals surface area contributed by atoms with Crippen molar-refractivity contribution in [1.29, 1.82) is 0 Å². The van der Waals surface area contributed by atoms with E-state index in [2.05, 4.69) is 11.8 Å². The number of nitrogens with zero attached hydrogens (tertiary/aromatic N) is 1. The lowest BCUT2D eigenvalue weighted by molar-refractivity contribution is -0.123. The molecular weight excluding hydrogens is 210 g/mol. The average molecular weight is 232 g/mol. The predicted octanol–water partition coefficient (Wildman–Crippen LogP) is 3.19. The third kappa shape index (κ3) is 2.94. The maximum absolute atomic E-state index is 11.4. The van der Waals surface area contributed by atoms with Crippen LogP contribution in [-0.4, -0.2) is 28.3 Å². The Morgan fingerprint density at radius 3 is 2.27 bits per heavy atom. The molecule has 15 heavy (non-hydrogen) atoms. The van der Waals surface area contributed by atoms with Crippen molar-refractivity contribution in [1.82, 2.24) is 4.90 Å². The molecule has 0 aliphatic heterocycles. The third-order valence-corrected chi connectivity index (χ3v) is 4.02. The van der Waals surface area contributed by atoms with Crippen LogP contribution in [-0.2, 0) is 4.79 Å². The van der Waals surface area contributed by atoms with E-state index in [0.717, 1.165) is 6.54 Å². The SMILES string of the molecule is CCN(C1CCCCC1)C(C)(C)C(=O)Cl. The molecule has 0 amide bonds.